The van der Waals surface area contributed by atoms with Crippen molar-refractivity contribution in [2.24, 2.45) is 11.8 Å². The van der Waals surface area contributed by atoms with Gasteiger partial charge in [0.05, 0.1) is 18.5 Å². The highest BCUT2D eigenvalue weighted by Gasteiger charge is 2.27. The Hall–Kier alpha value is -1.25. The fourth-order valence-corrected chi connectivity index (χ4v) is 1.65. The number of rotatable bonds is 3. The fraction of sp³-hybridized carbons (Fsp3) is 0.545. The van der Waals surface area contributed by atoms with Crippen molar-refractivity contribution in [3.05, 3.63) is 18.3 Å². The molecule has 3 nitrogen and oxygen atoms in total. The molecule has 0 aliphatic heterocycles. The number of nitrogen functional groups attached to an aromatic ring is 1. The van der Waals surface area contributed by atoms with Crippen molar-refractivity contribution < 1.29 is 4.74 Å². The average molecular weight is 192 g/mol. The molecule has 0 amide bonds. The summed E-state index contributed by atoms with van der Waals surface area (Å²) in [6.07, 6.45) is 4.25. The van der Waals surface area contributed by atoms with E-state index in [0.29, 0.717) is 17.5 Å². The third-order valence-electron chi connectivity index (χ3n) is 3.00. The van der Waals surface area contributed by atoms with Gasteiger partial charge in [-0.15, -0.1) is 0 Å². The second kappa shape index (κ2) is 3.86. The molecular weight excluding hydrogens is 176 g/mol. The Bertz CT molecular complexity index is 297. The molecule has 1 aliphatic rings. The Morgan fingerprint density at radius 3 is 2.86 bits per heavy atom. The number of aromatic nitrogens is 1. The smallest absolute Gasteiger partial charge is 0.213 e. The SMILES string of the molecule is C[C@H]1CC[C@@H]1COc1ccc(N)cn1. The van der Waals surface area contributed by atoms with E-state index >= 15 is 0 Å². The van der Waals surface area contributed by atoms with Crippen LogP contribution < -0.4 is 10.5 Å². The summed E-state index contributed by atoms with van der Waals surface area (Å²) in [6, 6.07) is 3.63. The van der Waals surface area contributed by atoms with Crippen molar-refractivity contribution in [3.8, 4) is 5.88 Å². The lowest BCUT2D eigenvalue weighted by atomic mass is 9.75. The number of nitrogens with two attached hydrogens (primary N) is 1. The van der Waals surface area contributed by atoms with Gasteiger partial charge in [-0.3, -0.25) is 0 Å². The van der Waals surface area contributed by atoms with Crippen LogP contribution >= 0.6 is 0 Å². The zero-order chi connectivity index (χ0) is 9.97. The van der Waals surface area contributed by atoms with Gasteiger partial charge in [-0.2, -0.15) is 0 Å². The third-order valence-corrected chi connectivity index (χ3v) is 3.00. The second-order valence-electron chi connectivity index (χ2n) is 4.06. The van der Waals surface area contributed by atoms with Crippen molar-refractivity contribution in [2.45, 2.75) is 19.8 Å². The van der Waals surface area contributed by atoms with Gasteiger partial charge in [0.2, 0.25) is 5.88 Å². The van der Waals surface area contributed by atoms with Crippen molar-refractivity contribution in [1.82, 2.24) is 4.98 Å². The molecule has 0 aromatic carbocycles. The molecule has 0 saturated heterocycles. The lowest BCUT2D eigenvalue weighted by Crippen LogP contribution is -2.28. The summed E-state index contributed by atoms with van der Waals surface area (Å²) < 4.78 is 5.57. The molecule has 1 saturated carbocycles. The summed E-state index contributed by atoms with van der Waals surface area (Å²) in [6.45, 7) is 3.06. The summed E-state index contributed by atoms with van der Waals surface area (Å²) in [5.41, 5.74) is 6.20. The number of anilines is 1. The standard InChI is InChI=1S/C11H16N2O/c1-8-2-3-9(8)7-14-11-5-4-10(12)6-13-11/h4-6,8-9H,2-3,7,12H2,1H3/t8-,9+/m0/s1. The van der Waals surface area contributed by atoms with Crippen molar-refractivity contribution in [1.29, 1.82) is 0 Å². The maximum atomic E-state index is 5.57. The fourth-order valence-electron chi connectivity index (χ4n) is 1.65. The molecule has 0 unspecified atom stereocenters. The lowest BCUT2D eigenvalue weighted by Gasteiger charge is -2.33. The molecule has 1 fully saturated rings. The Kier molecular flexibility index (Phi) is 2.57. The van der Waals surface area contributed by atoms with Crippen LogP contribution in [-0.2, 0) is 0 Å². The minimum absolute atomic E-state index is 0.675. The van der Waals surface area contributed by atoms with Crippen LogP contribution in [0.1, 0.15) is 19.8 Å². The highest BCUT2D eigenvalue weighted by Crippen LogP contribution is 2.33. The Morgan fingerprint density at radius 1 is 1.50 bits per heavy atom. The maximum Gasteiger partial charge on any atom is 0.213 e. The molecule has 0 bridgehead atoms. The number of nitrogens with zero attached hydrogens (tertiary/aromatic N) is 1. The van der Waals surface area contributed by atoms with Gasteiger partial charge in [0.1, 0.15) is 0 Å². The minimum atomic E-state index is 0.675. The first kappa shape index (κ1) is 9.31. The van der Waals surface area contributed by atoms with Crippen LogP contribution in [0.25, 0.3) is 0 Å². The molecule has 1 aromatic heterocycles. The lowest BCUT2D eigenvalue weighted by molar-refractivity contribution is 0.113. The van der Waals surface area contributed by atoms with Crippen molar-refractivity contribution in [3.63, 3.8) is 0 Å². The summed E-state index contributed by atoms with van der Waals surface area (Å²) in [4.78, 5) is 4.09. The van der Waals surface area contributed by atoms with Gasteiger partial charge >= 0.3 is 0 Å². The molecule has 2 N–H and O–H groups in total. The summed E-state index contributed by atoms with van der Waals surface area (Å²) in [5, 5.41) is 0. The summed E-state index contributed by atoms with van der Waals surface area (Å²) in [7, 11) is 0. The van der Waals surface area contributed by atoms with Crippen molar-refractivity contribution >= 4 is 5.69 Å². The van der Waals surface area contributed by atoms with Gasteiger partial charge in [0.15, 0.2) is 0 Å². The first-order chi connectivity index (χ1) is 6.75. The predicted molar refractivity (Wildman–Crippen MR) is 56.0 cm³/mol. The molecule has 14 heavy (non-hydrogen) atoms. The van der Waals surface area contributed by atoms with Gasteiger partial charge in [-0.25, -0.2) is 4.98 Å². The van der Waals surface area contributed by atoms with Crippen LogP contribution in [0.5, 0.6) is 5.88 Å². The molecular formula is C11H16N2O. The first-order valence-electron chi connectivity index (χ1n) is 5.10. The van der Waals surface area contributed by atoms with Crippen LogP contribution in [0.4, 0.5) is 5.69 Å². The third kappa shape index (κ3) is 1.97. The Balaban J connectivity index is 1.83. The van der Waals surface area contributed by atoms with Crippen LogP contribution in [0.2, 0.25) is 0 Å². The Morgan fingerprint density at radius 2 is 2.36 bits per heavy atom. The van der Waals surface area contributed by atoms with Crippen LogP contribution in [0, 0.1) is 11.8 Å². The van der Waals surface area contributed by atoms with Gasteiger partial charge < -0.3 is 10.5 Å². The van der Waals surface area contributed by atoms with Gasteiger partial charge in [0, 0.05) is 6.07 Å². The van der Waals surface area contributed by atoms with Crippen LogP contribution in [0.3, 0.4) is 0 Å². The van der Waals surface area contributed by atoms with E-state index in [1.807, 2.05) is 12.1 Å². The number of pyridine rings is 1. The zero-order valence-corrected chi connectivity index (χ0v) is 8.44. The van der Waals surface area contributed by atoms with E-state index in [1.54, 1.807) is 6.20 Å². The number of hydrogen-bond acceptors (Lipinski definition) is 3. The van der Waals surface area contributed by atoms with E-state index in [4.69, 9.17) is 10.5 Å². The predicted octanol–water partition coefficient (Wildman–Crippen LogP) is 2.09. The zero-order valence-electron chi connectivity index (χ0n) is 8.44. The normalized spacial score (nSPS) is 25.5. The van der Waals surface area contributed by atoms with E-state index in [-0.39, 0.29) is 0 Å². The van der Waals surface area contributed by atoms with E-state index in [9.17, 15) is 0 Å². The van der Waals surface area contributed by atoms with E-state index in [0.717, 1.165) is 12.5 Å². The Labute approximate surface area is 84.3 Å². The van der Waals surface area contributed by atoms with Crippen molar-refractivity contribution in [2.75, 3.05) is 12.3 Å². The topological polar surface area (TPSA) is 48.1 Å². The van der Waals surface area contributed by atoms with E-state index in [1.165, 1.54) is 12.8 Å². The first-order valence-corrected chi connectivity index (χ1v) is 5.10. The van der Waals surface area contributed by atoms with Gasteiger partial charge in [-0.05, 0) is 30.7 Å². The molecule has 3 heteroatoms. The maximum absolute atomic E-state index is 5.57. The number of ether oxygens (including phenoxy) is 1. The minimum Gasteiger partial charge on any atom is -0.477 e. The largest absolute Gasteiger partial charge is 0.477 e. The summed E-state index contributed by atoms with van der Waals surface area (Å²) >= 11 is 0. The van der Waals surface area contributed by atoms with Gasteiger partial charge in [-0.1, -0.05) is 6.92 Å². The molecule has 1 aromatic rings. The molecule has 0 spiro atoms. The van der Waals surface area contributed by atoms with Crippen LogP contribution in [-0.4, -0.2) is 11.6 Å². The van der Waals surface area contributed by atoms with E-state index < -0.39 is 0 Å². The van der Waals surface area contributed by atoms with Gasteiger partial charge in [0.25, 0.3) is 0 Å². The molecule has 1 aliphatic carbocycles. The van der Waals surface area contributed by atoms with E-state index in [2.05, 4.69) is 11.9 Å². The highest BCUT2D eigenvalue weighted by molar-refractivity contribution is 5.35. The molecule has 2 atom stereocenters. The monoisotopic (exact) mass is 192 g/mol. The molecule has 1 heterocycles. The second-order valence-corrected chi connectivity index (χ2v) is 4.06. The molecule has 2 rings (SSSR count). The molecule has 76 valence electrons. The van der Waals surface area contributed by atoms with Crippen LogP contribution in [0.15, 0.2) is 18.3 Å². The average Bonchev–Trinajstić information content (AvgIpc) is 2.19. The summed E-state index contributed by atoms with van der Waals surface area (Å²) in [5.74, 6) is 2.21. The highest BCUT2D eigenvalue weighted by atomic mass is 16.5. The molecule has 0 radical (unpaired) electrons. The quantitative estimate of drug-likeness (QED) is 0.797. The number of hydrogen-bond donors (Lipinski definition) is 1.